The van der Waals surface area contributed by atoms with Crippen molar-refractivity contribution in [3.63, 3.8) is 0 Å². The highest BCUT2D eigenvalue weighted by Gasteiger charge is 2.22. The van der Waals surface area contributed by atoms with Crippen LogP contribution in [0.5, 0.6) is 0 Å². The van der Waals surface area contributed by atoms with Gasteiger partial charge in [0.25, 0.3) is 10.0 Å². The maximum absolute atomic E-state index is 12.4. The summed E-state index contributed by atoms with van der Waals surface area (Å²) in [5.74, 6) is 0. The van der Waals surface area contributed by atoms with Gasteiger partial charge in [-0.05, 0) is 44.1 Å². The Morgan fingerprint density at radius 2 is 1.95 bits per heavy atom. The number of nitrogens with one attached hydrogen (secondary N) is 1. The van der Waals surface area contributed by atoms with Gasteiger partial charge in [0, 0.05) is 26.7 Å². The lowest BCUT2D eigenvalue weighted by Gasteiger charge is -2.18. The summed E-state index contributed by atoms with van der Waals surface area (Å²) in [6, 6.07) is 1.77. The zero-order valence-electron chi connectivity index (χ0n) is 12.7. The fraction of sp³-hybridized carbons (Fsp3) is 0.692. The van der Waals surface area contributed by atoms with E-state index in [1.54, 1.807) is 13.1 Å². The Kier molecular flexibility index (Phi) is 7.11. The first-order chi connectivity index (χ1) is 9.37. The van der Waals surface area contributed by atoms with E-state index in [1.807, 2.05) is 24.4 Å². The van der Waals surface area contributed by atoms with Crippen molar-refractivity contribution in [3.8, 4) is 0 Å². The molecule has 1 heterocycles. The lowest BCUT2D eigenvalue weighted by molar-refractivity contribution is 0.359. The molecule has 1 N–H and O–H groups in total. The number of thiophene rings is 1. The molecule has 0 radical (unpaired) electrons. The topological polar surface area (TPSA) is 52.7 Å². The standard InChI is InChI=1S/C13H25N3O2S2/c1-5-6-14-10-12-9-13(19-11-12)20(17,18)16(4)8-7-15(2)3/h9,11,14H,5-8,10H2,1-4H3. The van der Waals surface area contributed by atoms with Gasteiger partial charge in [-0.3, -0.25) is 0 Å². The van der Waals surface area contributed by atoms with Crippen LogP contribution in [0.1, 0.15) is 18.9 Å². The van der Waals surface area contributed by atoms with Gasteiger partial charge in [0.1, 0.15) is 4.21 Å². The van der Waals surface area contributed by atoms with E-state index in [4.69, 9.17) is 0 Å². The number of hydrogen-bond donors (Lipinski definition) is 1. The van der Waals surface area contributed by atoms with E-state index in [0.29, 0.717) is 17.3 Å². The molecule has 0 fully saturated rings. The summed E-state index contributed by atoms with van der Waals surface area (Å²) in [4.78, 5) is 1.97. The molecule has 0 aliphatic heterocycles. The molecule has 116 valence electrons. The highest BCUT2D eigenvalue weighted by molar-refractivity contribution is 7.91. The molecule has 1 rings (SSSR count). The molecular formula is C13H25N3O2S2. The molecule has 0 aliphatic rings. The minimum atomic E-state index is -3.35. The third-order valence-electron chi connectivity index (χ3n) is 2.91. The van der Waals surface area contributed by atoms with Crippen LogP contribution >= 0.6 is 11.3 Å². The molecule has 0 amide bonds. The molecule has 0 spiro atoms. The van der Waals surface area contributed by atoms with Crippen molar-refractivity contribution in [1.29, 1.82) is 0 Å². The predicted molar refractivity (Wildman–Crippen MR) is 84.7 cm³/mol. The number of rotatable bonds is 9. The van der Waals surface area contributed by atoms with Crippen molar-refractivity contribution in [2.45, 2.75) is 24.1 Å². The first-order valence-electron chi connectivity index (χ1n) is 6.77. The van der Waals surface area contributed by atoms with Crippen molar-refractivity contribution in [2.24, 2.45) is 0 Å². The van der Waals surface area contributed by atoms with Crippen molar-refractivity contribution in [3.05, 3.63) is 17.0 Å². The molecule has 0 unspecified atom stereocenters. The minimum Gasteiger partial charge on any atom is -0.313 e. The van der Waals surface area contributed by atoms with Crippen molar-refractivity contribution in [2.75, 3.05) is 40.8 Å². The van der Waals surface area contributed by atoms with Crippen LogP contribution < -0.4 is 5.32 Å². The molecule has 7 heteroatoms. The van der Waals surface area contributed by atoms with Gasteiger partial charge < -0.3 is 10.2 Å². The van der Waals surface area contributed by atoms with Crippen LogP contribution in [0.3, 0.4) is 0 Å². The van der Waals surface area contributed by atoms with E-state index in [-0.39, 0.29) is 0 Å². The van der Waals surface area contributed by atoms with Gasteiger partial charge >= 0.3 is 0 Å². The number of sulfonamides is 1. The van der Waals surface area contributed by atoms with Crippen LogP contribution in [0.2, 0.25) is 0 Å². The summed E-state index contributed by atoms with van der Waals surface area (Å²) in [5.41, 5.74) is 1.03. The van der Waals surface area contributed by atoms with E-state index in [9.17, 15) is 8.42 Å². The second-order valence-electron chi connectivity index (χ2n) is 5.08. The van der Waals surface area contributed by atoms with Gasteiger partial charge in [-0.1, -0.05) is 6.92 Å². The lowest BCUT2D eigenvalue weighted by Crippen LogP contribution is -2.33. The van der Waals surface area contributed by atoms with Gasteiger partial charge in [-0.2, -0.15) is 4.31 Å². The van der Waals surface area contributed by atoms with Crippen LogP contribution in [0.4, 0.5) is 0 Å². The molecule has 20 heavy (non-hydrogen) atoms. The molecule has 0 aliphatic carbocycles. The van der Waals surface area contributed by atoms with Gasteiger partial charge in [0.2, 0.25) is 0 Å². The Hall–Kier alpha value is -0.470. The maximum atomic E-state index is 12.4. The van der Waals surface area contributed by atoms with Gasteiger partial charge in [0.15, 0.2) is 0 Å². The SMILES string of the molecule is CCCNCc1csc(S(=O)(=O)N(C)CCN(C)C)c1. The molecule has 0 aromatic carbocycles. The maximum Gasteiger partial charge on any atom is 0.252 e. The smallest absolute Gasteiger partial charge is 0.252 e. The molecule has 5 nitrogen and oxygen atoms in total. The zero-order chi connectivity index (χ0) is 15.2. The average molecular weight is 319 g/mol. The molecule has 0 atom stereocenters. The number of hydrogen-bond acceptors (Lipinski definition) is 5. The Bertz CT molecular complexity index is 497. The summed E-state index contributed by atoms with van der Waals surface area (Å²) >= 11 is 1.29. The van der Waals surface area contributed by atoms with Crippen LogP contribution in [0.25, 0.3) is 0 Å². The van der Waals surface area contributed by atoms with E-state index >= 15 is 0 Å². The van der Waals surface area contributed by atoms with Gasteiger partial charge in [-0.15, -0.1) is 11.3 Å². The molecule has 1 aromatic heterocycles. The summed E-state index contributed by atoms with van der Waals surface area (Å²) in [6.45, 7) is 4.99. The highest BCUT2D eigenvalue weighted by atomic mass is 32.2. The molecule has 0 saturated heterocycles. The Labute approximate surface area is 126 Å². The molecular weight excluding hydrogens is 294 g/mol. The third kappa shape index (κ3) is 5.14. The average Bonchev–Trinajstić information content (AvgIpc) is 2.85. The summed E-state index contributed by atoms with van der Waals surface area (Å²) in [5, 5.41) is 5.19. The Morgan fingerprint density at radius 3 is 2.55 bits per heavy atom. The van der Waals surface area contributed by atoms with E-state index in [1.165, 1.54) is 15.6 Å². The summed E-state index contributed by atoms with van der Waals surface area (Å²) in [7, 11) is 2.15. The zero-order valence-corrected chi connectivity index (χ0v) is 14.4. The largest absolute Gasteiger partial charge is 0.313 e. The van der Waals surface area contributed by atoms with Crippen LogP contribution in [-0.4, -0.2) is 58.4 Å². The highest BCUT2D eigenvalue weighted by Crippen LogP contribution is 2.23. The minimum absolute atomic E-state index is 0.423. The van der Waals surface area contributed by atoms with Crippen molar-refractivity contribution < 1.29 is 8.42 Å². The fourth-order valence-corrected chi connectivity index (χ4v) is 4.19. The first-order valence-corrected chi connectivity index (χ1v) is 9.09. The summed E-state index contributed by atoms with van der Waals surface area (Å²) in [6.07, 6.45) is 1.07. The first kappa shape index (κ1) is 17.6. The summed E-state index contributed by atoms with van der Waals surface area (Å²) < 4.78 is 26.6. The normalized spacial score (nSPS) is 12.5. The Balaban J connectivity index is 2.67. The van der Waals surface area contributed by atoms with E-state index in [0.717, 1.165) is 25.1 Å². The van der Waals surface area contributed by atoms with E-state index < -0.39 is 10.0 Å². The number of likely N-dealkylation sites (N-methyl/N-ethyl adjacent to an activating group) is 2. The van der Waals surface area contributed by atoms with Crippen LogP contribution in [-0.2, 0) is 16.6 Å². The van der Waals surface area contributed by atoms with Gasteiger partial charge in [-0.25, -0.2) is 8.42 Å². The second kappa shape index (κ2) is 8.09. The van der Waals surface area contributed by atoms with Crippen LogP contribution in [0, 0.1) is 0 Å². The quantitative estimate of drug-likeness (QED) is 0.700. The third-order valence-corrected chi connectivity index (χ3v) is 6.23. The Morgan fingerprint density at radius 1 is 1.25 bits per heavy atom. The van der Waals surface area contributed by atoms with Crippen LogP contribution in [0.15, 0.2) is 15.7 Å². The lowest BCUT2D eigenvalue weighted by atomic mass is 10.3. The molecule has 0 bridgehead atoms. The predicted octanol–water partition coefficient (Wildman–Crippen LogP) is 1.43. The molecule has 0 saturated carbocycles. The van der Waals surface area contributed by atoms with Crippen molar-refractivity contribution >= 4 is 21.4 Å². The molecule has 1 aromatic rings. The van der Waals surface area contributed by atoms with Crippen molar-refractivity contribution in [1.82, 2.24) is 14.5 Å². The second-order valence-corrected chi connectivity index (χ2v) is 8.26. The monoisotopic (exact) mass is 319 g/mol. The number of nitrogens with zero attached hydrogens (tertiary/aromatic N) is 2. The fourth-order valence-electron chi connectivity index (χ4n) is 1.61. The van der Waals surface area contributed by atoms with Gasteiger partial charge in [0.05, 0.1) is 0 Å². The van der Waals surface area contributed by atoms with E-state index in [2.05, 4.69) is 12.2 Å².